The summed E-state index contributed by atoms with van der Waals surface area (Å²) in [6, 6.07) is 32.1. The van der Waals surface area contributed by atoms with Gasteiger partial charge in [-0.25, -0.2) is 0 Å². The van der Waals surface area contributed by atoms with Crippen molar-refractivity contribution in [2.45, 2.75) is 46.0 Å². The van der Waals surface area contributed by atoms with Crippen LogP contribution in [0.15, 0.2) is 179 Å². The molecule has 0 aromatic heterocycles. The Morgan fingerprint density at radius 2 is 1.33 bits per heavy atom. The second-order valence-electron chi connectivity index (χ2n) is 16.2. The molecule has 0 fully saturated rings. The molecule has 0 saturated carbocycles. The molecule has 0 spiro atoms. The lowest BCUT2D eigenvalue weighted by Gasteiger charge is -2.34. The number of rotatable bonds is 3. The van der Waals surface area contributed by atoms with E-state index in [0.717, 1.165) is 32.1 Å². The predicted molar refractivity (Wildman–Crippen MR) is 229 cm³/mol. The summed E-state index contributed by atoms with van der Waals surface area (Å²) in [5.74, 6) is 1.22. The van der Waals surface area contributed by atoms with Crippen molar-refractivity contribution in [3.05, 3.63) is 201 Å². The minimum Gasteiger partial charge on any atom is -0.0839 e. The normalized spacial score (nSPS) is 23.0. The summed E-state index contributed by atoms with van der Waals surface area (Å²) < 4.78 is 0. The zero-order valence-electron chi connectivity index (χ0n) is 31.2. The van der Waals surface area contributed by atoms with E-state index in [-0.39, 0.29) is 0 Å². The Labute approximate surface area is 320 Å². The van der Waals surface area contributed by atoms with Gasteiger partial charge in [0.15, 0.2) is 0 Å². The first-order valence-corrected chi connectivity index (χ1v) is 20.1. The molecule has 0 amide bonds. The van der Waals surface area contributed by atoms with Gasteiger partial charge in [-0.3, -0.25) is 0 Å². The molecule has 3 atom stereocenters. The van der Waals surface area contributed by atoms with E-state index in [1.807, 2.05) is 0 Å². The Kier molecular flexibility index (Phi) is 7.31. The Balaban J connectivity index is 1.25. The lowest BCUT2D eigenvalue weighted by Crippen LogP contribution is -2.21. The maximum atomic E-state index is 2.61. The molecule has 7 aliphatic carbocycles. The largest absolute Gasteiger partial charge is 0.0839 e. The van der Waals surface area contributed by atoms with Crippen LogP contribution in [-0.2, 0) is 0 Å². The third-order valence-corrected chi connectivity index (χ3v) is 13.2. The summed E-state index contributed by atoms with van der Waals surface area (Å²) in [7, 11) is 0. The molecule has 54 heavy (non-hydrogen) atoms. The number of fused-ring (bicyclic) bond motifs is 9. The Bertz CT molecular complexity index is 2610. The standard InChI is InChI=1S/C54H44/c1-33-14-11-15-34(2)48(33)41-27-26-35-28-29-45-49(36-16-5-3-6-17-36)53-44-25-13-24-43-42-23-10-9-20-39(42)31-47(52(43)44)54(53)51(37-18-7-4-8-19-37)50(45)40-22-12-21-38(30-40)46(35)32-41/h3-8,10-14,16-19,21-25,28-32,34,43,52H,9,15,20,26-27H2,1-2H3. The molecular weight excluding hydrogens is 649 g/mol. The fourth-order valence-electron chi connectivity index (χ4n) is 10.9. The van der Waals surface area contributed by atoms with Crippen molar-refractivity contribution in [1.29, 1.82) is 0 Å². The first-order chi connectivity index (χ1) is 26.6. The average Bonchev–Trinajstić information content (AvgIpc) is 3.55. The summed E-state index contributed by atoms with van der Waals surface area (Å²) in [6.45, 7) is 4.70. The fraction of sp³-hybridized carbons (Fsp3) is 0.185. The fourth-order valence-corrected chi connectivity index (χ4v) is 10.9. The highest BCUT2D eigenvalue weighted by molar-refractivity contribution is 6.13. The average molecular weight is 693 g/mol. The van der Waals surface area contributed by atoms with Crippen molar-refractivity contribution in [3.63, 3.8) is 0 Å². The molecule has 0 heteroatoms. The molecule has 0 saturated heterocycles. The molecule has 260 valence electrons. The minimum absolute atomic E-state index is 0.314. The van der Waals surface area contributed by atoms with Gasteiger partial charge in [0.05, 0.1) is 0 Å². The van der Waals surface area contributed by atoms with Crippen molar-refractivity contribution >= 4 is 22.8 Å². The number of allylic oxidation sites excluding steroid dienone is 19. The zero-order chi connectivity index (χ0) is 35.9. The van der Waals surface area contributed by atoms with Crippen LogP contribution < -0.4 is 0 Å². The molecule has 0 aliphatic heterocycles. The van der Waals surface area contributed by atoms with Crippen LogP contribution >= 0.6 is 0 Å². The van der Waals surface area contributed by atoms with E-state index in [0.29, 0.717) is 17.8 Å². The van der Waals surface area contributed by atoms with Crippen molar-refractivity contribution < 1.29 is 0 Å². The molecule has 0 N–H and O–H groups in total. The van der Waals surface area contributed by atoms with Crippen LogP contribution in [0.4, 0.5) is 0 Å². The maximum Gasteiger partial charge on any atom is 0.0206 e. The van der Waals surface area contributed by atoms with Gasteiger partial charge in [-0.1, -0.05) is 153 Å². The van der Waals surface area contributed by atoms with Crippen LogP contribution in [0.3, 0.4) is 0 Å². The molecular formula is C54H44. The monoisotopic (exact) mass is 692 g/mol. The van der Waals surface area contributed by atoms with E-state index in [1.165, 1.54) is 100 Å². The molecule has 0 radical (unpaired) electrons. The van der Waals surface area contributed by atoms with Crippen LogP contribution in [0.2, 0.25) is 0 Å². The van der Waals surface area contributed by atoms with Crippen LogP contribution in [0.25, 0.3) is 56.2 Å². The molecule has 0 nitrogen and oxygen atoms in total. The lowest BCUT2D eigenvalue weighted by molar-refractivity contribution is 0.660. The lowest BCUT2D eigenvalue weighted by atomic mass is 9.69. The van der Waals surface area contributed by atoms with Gasteiger partial charge in [-0.05, 0) is 157 Å². The summed E-state index contributed by atoms with van der Waals surface area (Å²) in [6.07, 6.45) is 32.4. The molecule has 4 aromatic rings. The number of hydrogen-bond acceptors (Lipinski definition) is 0. The molecule has 3 unspecified atom stereocenters. The van der Waals surface area contributed by atoms with Crippen LogP contribution in [-0.4, -0.2) is 0 Å². The maximum absolute atomic E-state index is 2.61. The molecule has 2 bridgehead atoms. The van der Waals surface area contributed by atoms with Gasteiger partial charge in [-0.2, -0.15) is 0 Å². The van der Waals surface area contributed by atoms with E-state index < -0.39 is 0 Å². The highest BCUT2D eigenvalue weighted by atomic mass is 14.5. The summed E-state index contributed by atoms with van der Waals surface area (Å²) >= 11 is 0. The van der Waals surface area contributed by atoms with E-state index in [4.69, 9.17) is 0 Å². The van der Waals surface area contributed by atoms with Crippen molar-refractivity contribution in [1.82, 2.24) is 0 Å². The van der Waals surface area contributed by atoms with Gasteiger partial charge in [-0.15, -0.1) is 0 Å². The smallest absolute Gasteiger partial charge is 0.0206 e. The first-order valence-electron chi connectivity index (χ1n) is 20.1. The highest BCUT2D eigenvalue weighted by Gasteiger charge is 2.45. The van der Waals surface area contributed by atoms with Crippen molar-refractivity contribution in [2.24, 2.45) is 17.8 Å². The minimum atomic E-state index is 0.314. The second kappa shape index (κ2) is 12.4. The summed E-state index contributed by atoms with van der Waals surface area (Å²) in [5, 5.41) is 0. The van der Waals surface area contributed by atoms with Gasteiger partial charge >= 0.3 is 0 Å². The van der Waals surface area contributed by atoms with Gasteiger partial charge in [0.1, 0.15) is 0 Å². The van der Waals surface area contributed by atoms with E-state index >= 15 is 0 Å². The van der Waals surface area contributed by atoms with Crippen molar-refractivity contribution in [3.8, 4) is 33.4 Å². The Morgan fingerprint density at radius 1 is 0.593 bits per heavy atom. The Hall–Kier alpha value is -5.72. The zero-order valence-corrected chi connectivity index (χ0v) is 31.2. The van der Waals surface area contributed by atoms with Crippen LogP contribution in [0, 0.1) is 17.8 Å². The van der Waals surface area contributed by atoms with Gasteiger partial charge in [0.25, 0.3) is 0 Å². The quantitative estimate of drug-likeness (QED) is 0.200. The predicted octanol–water partition coefficient (Wildman–Crippen LogP) is 14.3. The van der Waals surface area contributed by atoms with Crippen LogP contribution in [0.1, 0.15) is 68.2 Å². The van der Waals surface area contributed by atoms with Crippen LogP contribution in [0.5, 0.6) is 0 Å². The van der Waals surface area contributed by atoms with Gasteiger partial charge < -0.3 is 0 Å². The van der Waals surface area contributed by atoms with Crippen molar-refractivity contribution in [2.75, 3.05) is 0 Å². The topological polar surface area (TPSA) is 0 Å². The number of benzene rings is 4. The Morgan fingerprint density at radius 3 is 2.15 bits per heavy atom. The SMILES string of the molecule is CC1=C(C2=CC3=C(C=Cc4c(-c5ccccc5)c5c(c(-c6ccccc6)c4-c4cccc3c4)C3=CC4=C(C=CCC4)C4C=CC=C5C34)CC2)C(C)CC=C1. The second-order valence-corrected chi connectivity index (χ2v) is 16.2. The third kappa shape index (κ3) is 4.75. The summed E-state index contributed by atoms with van der Waals surface area (Å²) in [4.78, 5) is 0. The molecule has 11 rings (SSSR count). The number of hydrogen-bond donors (Lipinski definition) is 0. The van der Waals surface area contributed by atoms with E-state index in [1.54, 1.807) is 5.57 Å². The third-order valence-electron chi connectivity index (χ3n) is 13.2. The van der Waals surface area contributed by atoms with Gasteiger partial charge in [0.2, 0.25) is 0 Å². The molecule has 4 aromatic carbocycles. The first kappa shape index (κ1) is 31.8. The van der Waals surface area contributed by atoms with Gasteiger partial charge in [0, 0.05) is 11.8 Å². The van der Waals surface area contributed by atoms with E-state index in [9.17, 15) is 0 Å². The molecule has 0 heterocycles. The highest BCUT2D eigenvalue weighted by Crippen LogP contribution is 2.63. The summed E-state index contributed by atoms with van der Waals surface area (Å²) in [5.41, 5.74) is 26.8. The van der Waals surface area contributed by atoms with E-state index in [2.05, 4.69) is 166 Å². The molecule has 7 aliphatic rings.